The van der Waals surface area contributed by atoms with Crippen molar-refractivity contribution in [3.05, 3.63) is 66.9 Å². The minimum absolute atomic E-state index is 1.00. The Morgan fingerprint density at radius 3 is 2.00 bits per heavy atom. The molecule has 1 aliphatic heterocycles. The molecular formula is C19H17N3. The van der Waals surface area contributed by atoms with E-state index in [0.717, 1.165) is 11.3 Å². The Labute approximate surface area is 130 Å². The lowest BCUT2D eigenvalue weighted by molar-refractivity contribution is 1.10. The minimum atomic E-state index is 1.00. The Kier molecular flexibility index (Phi) is 2.86. The van der Waals surface area contributed by atoms with Crippen LogP contribution in [0.5, 0.6) is 0 Å². The van der Waals surface area contributed by atoms with Crippen LogP contribution in [0.25, 0.3) is 11.3 Å². The summed E-state index contributed by atoms with van der Waals surface area (Å²) in [5, 5.41) is 0. The van der Waals surface area contributed by atoms with Crippen molar-refractivity contribution in [2.75, 3.05) is 23.9 Å². The molecule has 1 aliphatic rings. The number of anilines is 4. The maximum Gasteiger partial charge on any atom is 0.0702 e. The van der Waals surface area contributed by atoms with Gasteiger partial charge in [-0.3, -0.25) is 4.98 Å². The van der Waals surface area contributed by atoms with Gasteiger partial charge in [-0.1, -0.05) is 24.3 Å². The summed E-state index contributed by atoms with van der Waals surface area (Å²) in [6, 6.07) is 21.0. The third kappa shape index (κ3) is 1.86. The molecule has 0 radical (unpaired) electrons. The molecule has 0 amide bonds. The van der Waals surface area contributed by atoms with Crippen molar-refractivity contribution in [1.29, 1.82) is 0 Å². The molecule has 4 rings (SSSR count). The van der Waals surface area contributed by atoms with Crippen molar-refractivity contribution in [3.8, 4) is 11.3 Å². The molecule has 0 saturated carbocycles. The third-order valence-corrected chi connectivity index (χ3v) is 4.26. The Balaban J connectivity index is 1.87. The van der Waals surface area contributed by atoms with E-state index in [1.165, 1.54) is 22.7 Å². The smallest absolute Gasteiger partial charge is 0.0702 e. The molecule has 2 aromatic carbocycles. The number of rotatable bonds is 1. The van der Waals surface area contributed by atoms with Crippen LogP contribution in [0.3, 0.4) is 0 Å². The lowest BCUT2D eigenvalue weighted by Crippen LogP contribution is -2.24. The van der Waals surface area contributed by atoms with E-state index >= 15 is 0 Å². The zero-order chi connectivity index (χ0) is 15.1. The fourth-order valence-corrected chi connectivity index (χ4v) is 3.06. The number of fused-ring (bicyclic) bond motifs is 2. The molecule has 0 spiro atoms. The number of aromatic nitrogens is 1. The summed E-state index contributed by atoms with van der Waals surface area (Å²) >= 11 is 0. The van der Waals surface area contributed by atoms with E-state index in [9.17, 15) is 0 Å². The van der Waals surface area contributed by atoms with Crippen molar-refractivity contribution >= 4 is 22.7 Å². The average molecular weight is 287 g/mol. The van der Waals surface area contributed by atoms with E-state index < -0.39 is 0 Å². The first-order chi connectivity index (χ1) is 10.8. The van der Waals surface area contributed by atoms with Gasteiger partial charge >= 0.3 is 0 Å². The van der Waals surface area contributed by atoms with Gasteiger partial charge in [0.05, 0.1) is 28.4 Å². The second-order valence-corrected chi connectivity index (χ2v) is 5.53. The van der Waals surface area contributed by atoms with Gasteiger partial charge in [0.2, 0.25) is 0 Å². The standard InChI is InChI=1S/C19H17N3/c1-21-16-8-3-4-9-17(16)22(2)19-13-14(10-11-18(19)21)15-7-5-6-12-20-15/h3-13H,1-2H3. The van der Waals surface area contributed by atoms with Crippen molar-refractivity contribution < 1.29 is 0 Å². The number of hydrogen-bond donors (Lipinski definition) is 0. The van der Waals surface area contributed by atoms with Crippen LogP contribution in [-0.4, -0.2) is 19.1 Å². The molecule has 0 N–H and O–H groups in total. The zero-order valence-corrected chi connectivity index (χ0v) is 12.7. The molecule has 0 aliphatic carbocycles. The van der Waals surface area contributed by atoms with Crippen LogP contribution < -0.4 is 9.80 Å². The summed E-state index contributed by atoms with van der Waals surface area (Å²) < 4.78 is 0. The van der Waals surface area contributed by atoms with Crippen molar-refractivity contribution in [3.63, 3.8) is 0 Å². The maximum atomic E-state index is 4.45. The van der Waals surface area contributed by atoms with Crippen LogP contribution >= 0.6 is 0 Å². The van der Waals surface area contributed by atoms with Gasteiger partial charge in [0, 0.05) is 25.9 Å². The monoisotopic (exact) mass is 287 g/mol. The van der Waals surface area contributed by atoms with Crippen LogP contribution in [0.15, 0.2) is 66.9 Å². The van der Waals surface area contributed by atoms with Crippen LogP contribution in [-0.2, 0) is 0 Å². The second kappa shape index (κ2) is 4.88. The van der Waals surface area contributed by atoms with Crippen molar-refractivity contribution in [2.45, 2.75) is 0 Å². The number of para-hydroxylation sites is 2. The molecule has 0 unspecified atom stereocenters. The van der Waals surface area contributed by atoms with Crippen LogP contribution in [0.1, 0.15) is 0 Å². The van der Waals surface area contributed by atoms with E-state index in [0.29, 0.717) is 0 Å². The summed E-state index contributed by atoms with van der Waals surface area (Å²) in [4.78, 5) is 8.94. The van der Waals surface area contributed by atoms with Crippen LogP contribution in [0.4, 0.5) is 22.7 Å². The van der Waals surface area contributed by atoms with Gasteiger partial charge in [-0.25, -0.2) is 0 Å². The fourth-order valence-electron chi connectivity index (χ4n) is 3.06. The first-order valence-electron chi connectivity index (χ1n) is 7.37. The highest BCUT2D eigenvalue weighted by atomic mass is 15.2. The van der Waals surface area contributed by atoms with Gasteiger partial charge in [0.15, 0.2) is 0 Å². The minimum Gasteiger partial charge on any atom is -0.341 e. The first kappa shape index (κ1) is 12.9. The van der Waals surface area contributed by atoms with E-state index in [4.69, 9.17) is 0 Å². The molecule has 3 aromatic rings. The van der Waals surface area contributed by atoms with Crippen molar-refractivity contribution in [2.24, 2.45) is 0 Å². The predicted octanol–water partition coefficient (Wildman–Crippen LogP) is 4.60. The highest BCUT2D eigenvalue weighted by Gasteiger charge is 2.23. The highest BCUT2D eigenvalue weighted by Crippen LogP contribution is 2.46. The molecule has 3 heteroatoms. The maximum absolute atomic E-state index is 4.45. The van der Waals surface area contributed by atoms with E-state index in [2.05, 4.69) is 71.3 Å². The second-order valence-electron chi connectivity index (χ2n) is 5.53. The predicted molar refractivity (Wildman–Crippen MR) is 92.2 cm³/mol. The largest absolute Gasteiger partial charge is 0.341 e. The summed E-state index contributed by atoms with van der Waals surface area (Å²) in [5.41, 5.74) is 6.99. The molecule has 22 heavy (non-hydrogen) atoms. The van der Waals surface area contributed by atoms with Crippen LogP contribution in [0.2, 0.25) is 0 Å². The summed E-state index contributed by atoms with van der Waals surface area (Å²) in [7, 11) is 4.23. The summed E-state index contributed by atoms with van der Waals surface area (Å²) in [5.74, 6) is 0. The van der Waals surface area contributed by atoms with Gasteiger partial charge in [-0.05, 0) is 36.4 Å². The van der Waals surface area contributed by atoms with Crippen LogP contribution in [0, 0.1) is 0 Å². The quantitative estimate of drug-likeness (QED) is 0.652. The van der Waals surface area contributed by atoms with E-state index in [1.807, 2.05) is 24.4 Å². The number of hydrogen-bond acceptors (Lipinski definition) is 3. The Morgan fingerprint density at radius 2 is 1.32 bits per heavy atom. The molecule has 0 fully saturated rings. The lowest BCUT2D eigenvalue weighted by atomic mass is 10.0. The zero-order valence-electron chi connectivity index (χ0n) is 12.7. The number of pyridine rings is 1. The SMILES string of the molecule is CN1c2ccccc2N(C)c2cc(-c3ccccn3)ccc21. The first-order valence-corrected chi connectivity index (χ1v) is 7.37. The fraction of sp³-hybridized carbons (Fsp3) is 0.105. The Bertz CT molecular complexity index is 827. The molecule has 3 nitrogen and oxygen atoms in total. The summed E-state index contributed by atoms with van der Waals surface area (Å²) in [6.07, 6.45) is 1.83. The highest BCUT2D eigenvalue weighted by molar-refractivity contribution is 5.94. The molecule has 0 bridgehead atoms. The average Bonchev–Trinajstić information content (AvgIpc) is 2.60. The van der Waals surface area contributed by atoms with Gasteiger partial charge in [-0.2, -0.15) is 0 Å². The van der Waals surface area contributed by atoms with Gasteiger partial charge < -0.3 is 9.80 Å². The molecule has 0 saturated heterocycles. The van der Waals surface area contributed by atoms with E-state index in [1.54, 1.807) is 0 Å². The molecule has 2 heterocycles. The van der Waals surface area contributed by atoms with Crippen molar-refractivity contribution in [1.82, 2.24) is 4.98 Å². The third-order valence-electron chi connectivity index (χ3n) is 4.26. The Morgan fingerprint density at radius 1 is 0.682 bits per heavy atom. The summed E-state index contributed by atoms with van der Waals surface area (Å²) in [6.45, 7) is 0. The van der Waals surface area contributed by atoms with Gasteiger partial charge in [-0.15, -0.1) is 0 Å². The van der Waals surface area contributed by atoms with E-state index in [-0.39, 0.29) is 0 Å². The normalized spacial score (nSPS) is 12.8. The molecule has 108 valence electrons. The lowest BCUT2D eigenvalue weighted by Gasteiger charge is -2.36. The molecule has 0 atom stereocenters. The molecule has 1 aromatic heterocycles. The number of benzene rings is 2. The topological polar surface area (TPSA) is 19.4 Å². The Hall–Kier alpha value is -2.81. The van der Waals surface area contributed by atoms with Gasteiger partial charge in [0.1, 0.15) is 0 Å². The molecular weight excluding hydrogens is 270 g/mol. The van der Waals surface area contributed by atoms with Gasteiger partial charge in [0.25, 0.3) is 0 Å². The number of nitrogens with zero attached hydrogens (tertiary/aromatic N) is 3.